The molecule has 0 amide bonds. The van der Waals surface area contributed by atoms with Crippen LogP contribution in [0.3, 0.4) is 0 Å². The first-order valence-electron chi connectivity index (χ1n) is 5.08. The number of alkyl halides is 6. The molecule has 0 aliphatic carbocycles. The van der Waals surface area contributed by atoms with Crippen LogP contribution in [0.4, 0.5) is 17.6 Å². The van der Waals surface area contributed by atoms with E-state index in [0.717, 1.165) is 0 Å². The Balaban J connectivity index is 3.04. The maximum absolute atomic E-state index is 13.0. The van der Waals surface area contributed by atoms with Crippen molar-refractivity contribution < 1.29 is 27.8 Å². The molecule has 0 spiro atoms. The van der Waals surface area contributed by atoms with Crippen molar-refractivity contribution in [2.24, 2.45) is 0 Å². The SMILES string of the molecule is O[C@@H](CC(O)(C(F)(F)Cl)C(F)(F)Cl)c1ccccc1. The number of aliphatic hydroxyl groups is 2. The molecule has 0 saturated heterocycles. The molecule has 0 aliphatic rings. The van der Waals surface area contributed by atoms with Gasteiger partial charge in [0.1, 0.15) is 0 Å². The van der Waals surface area contributed by atoms with Crippen molar-refractivity contribution in [1.82, 2.24) is 0 Å². The van der Waals surface area contributed by atoms with Crippen molar-refractivity contribution >= 4 is 23.2 Å². The highest BCUT2D eigenvalue weighted by Crippen LogP contribution is 2.49. The standard InChI is InChI=1S/C11H10Cl2F4O2/c12-10(14,15)9(19,11(13,16)17)6-8(18)7-4-2-1-3-5-7/h1-5,8,18-19H,6H2/t8-/m0/s1. The number of hydrogen-bond acceptors (Lipinski definition) is 2. The van der Waals surface area contributed by atoms with Crippen LogP contribution in [-0.4, -0.2) is 26.6 Å². The predicted molar refractivity (Wildman–Crippen MR) is 62.6 cm³/mol. The molecule has 2 N–H and O–H groups in total. The van der Waals surface area contributed by atoms with E-state index in [9.17, 15) is 27.8 Å². The molecule has 108 valence electrons. The van der Waals surface area contributed by atoms with E-state index in [1.165, 1.54) is 24.3 Å². The molecule has 1 rings (SSSR count). The molecule has 8 heteroatoms. The van der Waals surface area contributed by atoms with Crippen LogP contribution < -0.4 is 0 Å². The van der Waals surface area contributed by atoms with E-state index in [2.05, 4.69) is 23.2 Å². The quantitative estimate of drug-likeness (QED) is 0.644. The van der Waals surface area contributed by atoms with Crippen LogP contribution in [0.2, 0.25) is 0 Å². The van der Waals surface area contributed by atoms with Gasteiger partial charge in [0.15, 0.2) is 0 Å². The number of aliphatic hydroxyl groups excluding tert-OH is 1. The minimum absolute atomic E-state index is 0.0720. The van der Waals surface area contributed by atoms with Gasteiger partial charge in [-0.2, -0.15) is 17.6 Å². The molecule has 0 saturated carbocycles. The van der Waals surface area contributed by atoms with Crippen molar-refractivity contribution in [3.63, 3.8) is 0 Å². The van der Waals surface area contributed by atoms with Gasteiger partial charge in [0.25, 0.3) is 0 Å². The lowest BCUT2D eigenvalue weighted by Gasteiger charge is -2.36. The Bertz CT molecular complexity index is 403. The molecule has 0 aromatic heterocycles. The van der Waals surface area contributed by atoms with Crippen LogP contribution in [-0.2, 0) is 0 Å². The highest BCUT2D eigenvalue weighted by atomic mass is 35.5. The molecule has 0 fully saturated rings. The first-order valence-corrected chi connectivity index (χ1v) is 5.83. The van der Waals surface area contributed by atoms with Crippen molar-refractivity contribution in [3.05, 3.63) is 35.9 Å². The van der Waals surface area contributed by atoms with Crippen LogP contribution in [0.25, 0.3) is 0 Å². The Morgan fingerprint density at radius 2 is 1.42 bits per heavy atom. The van der Waals surface area contributed by atoms with E-state index in [1.54, 1.807) is 6.07 Å². The summed E-state index contributed by atoms with van der Waals surface area (Å²) in [4.78, 5) is 0. The minimum atomic E-state index is -4.71. The van der Waals surface area contributed by atoms with Gasteiger partial charge in [-0.1, -0.05) is 30.3 Å². The van der Waals surface area contributed by atoms with Crippen LogP contribution >= 0.6 is 23.2 Å². The summed E-state index contributed by atoms with van der Waals surface area (Å²) < 4.78 is 51.9. The zero-order chi connectivity index (χ0) is 14.9. The summed E-state index contributed by atoms with van der Waals surface area (Å²) in [6, 6.07) is 7.16. The predicted octanol–water partition coefficient (Wildman–Crippen LogP) is 3.50. The number of rotatable bonds is 5. The van der Waals surface area contributed by atoms with Crippen molar-refractivity contribution in [2.45, 2.75) is 28.9 Å². The molecule has 0 aliphatic heterocycles. The van der Waals surface area contributed by atoms with E-state index in [0.29, 0.717) is 0 Å². The van der Waals surface area contributed by atoms with E-state index >= 15 is 0 Å². The molecule has 1 aromatic carbocycles. The van der Waals surface area contributed by atoms with Gasteiger partial charge in [-0.05, 0) is 28.8 Å². The number of hydrogen-bond donors (Lipinski definition) is 2. The minimum Gasteiger partial charge on any atom is -0.388 e. The Morgan fingerprint density at radius 1 is 1.00 bits per heavy atom. The van der Waals surface area contributed by atoms with E-state index in [4.69, 9.17) is 0 Å². The van der Waals surface area contributed by atoms with E-state index in [1.807, 2.05) is 0 Å². The average molecular weight is 321 g/mol. The summed E-state index contributed by atoms with van der Waals surface area (Å²) in [6.45, 7) is 0. The van der Waals surface area contributed by atoms with Gasteiger partial charge in [0.05, 0.1) is 6.10 Å². The lowest BCUT2D eigenvalue weighted by molar-refractivity contribution is -0.229. The maximum Gasteiger partial charge on any atom is 0.357 e. The second-order valence-electron chi connectivity index (χ2n) is 3.99. The van der Waals surface area contributed by atoms with Gasteiger partial charge in [-0.3, -0.25) is 0 Å². The third-order valence-corrected chi connectivity index (χ3v) is 3.24. The van der Waals surface area contributed by atoms with Crippen molar-refractivity contribution in [3.8, 4) is 0 Å². The molecule has 19 heavy (non-hydrogen) atoms. The summed E-state index contributed by atoms with van der Waals surface area (Å²) >= 11 is 9.00. The van der Waals surface area contributed by atoms with E-state index < -0.39 is 28.9 Å². The fraction of sp³-hybridized carbons (Fsp3) is 0.455. The van der Waals surface area contributed by atoms with Gasteiger partial charge in [0.2, 0.25) is 5.60 Å². The summed E-state index contributed by atoms with van der Waals surface area (Å²) in [5.41, 5.74) is -4.01. The molecule has 2 nitrogen and oxygen atoms in total. The smallest absolute Gasteiger partial charge is 0.357 e. The Hall–Kier alpha value is -0.560. The molecular formula is C11H10Cl2F4O2. The summed E-state index contributed by atoms with van der Waals surface area (Å²) in [5, 5.41) is 9.60. The summed E-state index contributed by atoms with van der Waals surface area (Å²) in [6.07, 6.45) is -3.20. The monoisotopic (exact) mass is 320 g/mol. The van der Waals surface area contributed by atoms with Crippen LogP contribution in [0, 0.1) is 0 Å². The normalized spacial score (nSPS) is 15.4. The van der Waals surface area contributed by atoms with Gasteiger partial charge in [-0.15, -0.1) is 0 Å². The second kappa shape index (κ2) is 5.44. The lowest BCUT2D eigenvalue weighted by Crippen LogP contribution is -2.56. The zero-order valence-corrected chi connectivity index (χ0v) is 10.8. The molecule has 0 radical (unpaired) electrons. The van der Waals surface area contributed by atoms with Gasteiger partial charge < -0.3 is 10.2 Å². The zero-order valence-electron chi connectivity index (χ0n) is 9.33. The summed E-state index contributed by atoms with van der Waals surface area (Å²) in [7, 11) is 0. The Morgan fingerprint density at radius 3 is 1.79 bits per heavy atom. The number of halogens is 6. The average Bonchev–Trinajstić information content (AvgIpc) is 2.27. The van der Waals surface area contributed by atoms with Gasteiger partial charge in [-0.25, -0.2) is 0 Å². The van der Waals surface area contributed by atoms with Crippen LogP contribution in [0.5, 0.6) is 0 Å². The van der Waals surface area contributed by atoms with Gasteiger partial charge in [0, 0.05) is 6.42 Å². The third kappa shape index (κ3) is 3.51. The first kappa shape index (κ1) is 16.5. The van der Waals surface area contributed by atoms with Crippen molar-refractivity contribution in [2.75, 3.05) is 0 Å². The van der Waals surface area contributed by atoms with Crippen LogP contribution in [0.1, 0.15) is 18.1 Å². The fourth-order valence-electron chi connectivity index (χ4n) is 1.47. The molecule has 0 bridgehead atoms. The maximum atomic E-state index is 13.0. The Kier molecular flexibility index (Phi) is 4.72. The third-order valence-electron chi connectivity index (χ3n) is 2.61. The largest absolute Gasteiger partial charge is 0.388 e. The van der Waals surface area contributed by atoms with E-state index in [-0.39, 0.29) is 5.56 Å². The molecule has 1 aromatic rings. The summed E-state index contributed by atoms with van der Waals surface area (Å²) in [5.74, 6) is 0. The highest BCUT2D eigenvalue weighted by Gasteiger charge is 2.67. The lowest BCUT2D eigenvalue weighted by atomic mass is 9.92. The fourth-order valence-corrected chi connectivity index (χ4v) is 1.91. The van der Waals surface area contributed by atoms with Gasteiger partial charge >= 0.3 is 10.8 Å². The molecule has 1 atom stereocenters. The van der Waals surface area contributed by atoms with Crippen molar-refractivity contribution in [1.29, 1.82) is 0 Å². The molecular weight excluding hydrogens is 311 g/mol. The second-order valence-corrected chi connectivity index (χ2v) is 4.94. The highest BCUT2D eigenvalue weighted by molar-refractivity contribution is 6.26. The number of benzene rings is 1. The Labute approximate surface area is 116 Å². The topological polar surface area (TPSA) is 40.5 Å². The van der Waals surface area contributed by atoms with Crippen LogP contribution in [0.15, 0.2) is 30.3 Å². The molecule has 0 heterocycles. The first-order chi connectivity index (χ1) is 8.49. The molecule has 0 unspecified atom stereocenters.